The van der Waals surface area contributed by atoms with Gasteiger partial charge < -0.3 is 25.2 Å². The number of hydrogen-bond donors (Lipinski definition) is 4. The zero-order valence-electron chi connectivity index (χ0n) is 6.32. The minimum Gasteiger partial charge on any atom is -0.478 e. The zero-order chi connectivity index (χ0) is 10.2. The van der Waals surface area contributed by atoms with E-state index in [1.165, 1.54) is 0 Å². The molecule has 4 atom stereocenters. The number of aliphatic hydroxyl groups excluding tert-OH is 3. The Morgan fingerprint density at radius 1 is 1.23 bits per heavy atom. The third kappa shape index (κ3) is 1.62. The molecule has 0 amide bonds. The lowest BCUT2D eigenvalue weighted by Crippen LogP contribution is -2.57. The van der Waals surface area contributed by atoms with Crippen molar-refractivity contribution in [1.29, 1.82) is 0 Å². The molecule has 7 nitrogen and oxygen atoms in total. The fourth-order valence-corrected chi connectivity index (χ4v) is 0.966. The van der Waals surface area contributed by atoms with Crippen molar-refractivity contribution in [1.82, 2.24) is 0 Å². The fourth-order valence-electron chi connectivity index (χ4n) is 0.966. The van der Waals surface area contributed by atoms with Gasteiger partial charge in [-0.15, -0.1) is 0 Å². The van der Waals surface area contributed by atoms with E-state index in [1.54, 1.807) is 0 Å². The number of esters is 1. The molecule has 0 aromatic carbocycles. The third-order valence-electron chi connectivity index (χ3n) is 1.71. The molecule has 0 aliphatic carbocycles. The Kier molecular flexibility index (Phi) is 2.50. The molecule has 0 aromatic heterocycles. The van der Waals surface area contributed by atoms with Crippen LogP contribution in [0.2, 0.25) is 0 Å². The Morgan fingerprint density at radius 3 is 2.23 bits per heavy atom. The van der Waals surface area contributed by atoms with Gasteiger partial charge in [-0.25, -0.2) is 9.59 Å². The largest absolute Gasteiger partial charge is 0.478 e. The average Bonchev–Trinajstić information content (AvgIpc) is 2.07. The second-order valence-corrected chi connectivity index (χ2v) is 2.62. The summed E-state index contributed by atoms with van der Waals surface area (Å²) in [6, 6.07) is 0. The van der Waals surface area contributed by atoms with Crippen molar-refractivity contribution in [2.45, 2.75) is 24.4 Å². The number of hydrogen-bond acceptors (Lipinski definition) is 6. The van der Waals surface area contributed by atoms with E-state index in [0.29, 0.717) is 0 Å². The van der Waals surface area contributed by atoms with E-state index in [0.717, 1.165) is 0 Å². The van der Waals surface area contributed by atoms with Gasteiger partial charge in [-0.3, -0.25) is 0 Å². The van der Waals surface area contributed by atoms with Crippen molar-refractivity contribution in [2.24, 2.45) is 0 Å². The van der Waals surface area contributed by atoms with Crippen LogP contribution in [0.4, 0.5) is 0 Å². The molecule has 13 heavy (non-hydrogen) atoms. The van der Waals surface area contributed by atoms with Crippen molar-refractivity contribution >= 4 is 11.9 Å². The molecule has 0 spiro atoms. The van der Waals surface area contributed by atoms with Gasteiger partial charge in [0.1, 0.15) is 12.2 Å². The Hall–Kier alpha value is -1.18. The van der Waals surface area contributed by atoms with Gasteiger partial charge in [0.15, 0.2) is 6.10 Å². The Bertz CT molecular complexity index is 237. The van der Waals surface area contributed by atoms with Crippen molar-refractivity contribution in [2.75, 3.05) is 0 Å². The lowest BCUT2D eigenvalue weighted by atomic mass is 10.00. The molecule has 1 heterocycles. The number of aliphatic carboxylic acids is 1. The predicted molar refractivity (Wildman–Crippen MR) is 35.5 cm³/mol. The lowest BCUT2D eigenvalue weighted by molar-refractivity contribution is -0.209. The maximum Gasteiger partial charge on any atom is 0.347 e. The van der Waals surface area contributed by atoms with Crippen LogP contribution >= 0.6 is 0 Å². The topological polar surface area (TPSA) is 124 Å². The monoisotopic (exact) mass is 192 g/mol. The van der Waals surface area contributed by atoms with E-state index in [9.17, 15) is 9.59 Å². The van der Waals surface area contributed by atoms with Crippen LogP contribution < -0.4 is 0 Å². The van der Waals surface area contributed by atoms with Crippen LogP contribution in [0.3, 0.4) is 0 Å². The average molecular weight is 192 g/mol. The highest BCUT2D eigenvalue weighted by Gasteiger charge is 2.46. The zero-order valence-corrected chi connectivity index (χ0v) is 6.32. The van der Waals surface area contributed by atoms with E-state index < -0.39 is 36.4 Å². The van der Waals surface area contributed by atoms with E-state index in [-0.39, 0.29) is 0 Å². The number of rotatable bonds is 1. The molecule has 7 heteroatoms. The van der Waals surface area contributed by atoms with Crippen LogP contribution in [-0.4, -0.2) is 56.8 Å². The standard InChI is InChI=1S/C6H8O7/c7-1-2(8)4(5(10)11)13-6(12)3(1)9/h1-4,7-9H,(H,10,11)/t1-,2+,3+,4-/m0/s1. The highest BCUT2D eigenvalue weighted by atomic mass is 16.6. The maximum atomic E-state index is 10.7. The summed E-state index contributed by atoms with van der Waals surface area (Å²) in [4.78, 5) is 21.0. The Morgan fingerprint density at radius 2 is 1.77 bits per heavy atom. The second kappa shape index (κ2) is 3.29. The number of carbonyl (C=O) groups excluding carboxylic acids is 1. The number of carbonyl (C=O) groups is 2. The Balaban J connectivity index is 2.82. The molecule has 1 aliphatic heterocycles. The molecule has 74 valence electrons. The first-order valence-corrected chi connectivity index (χ1v) is 3.42. The molecule has 0 radical (unpaired) electrons. The lowest BCUT2D eigenvalue weighted by Gasteiger charge is -2.31. The molecule has 0 bridgehead atoms. The molecule has 1 saturated heterocycles. The summed E-state index contributed by atoms with van der Waals surface area (Å²) in [5, 5.41) is 35.2. The quantitative estimate of drug-likeness (QED) is 0.328. The summed E-state index contributed by atoms with van der Waals surface area (Å²) in [5.41, 5.74) is 0. The molecule has 4 N–H and O–H groups in total. The van der Waals surface area contributed by atoms with Crippen LogP contribution in [0.1, 0.15) is 0 Å². The van der Waals surface area contributed by atoms with E-state index in [2.05, 4.69) is 4.74 Å². The van der Waals surface area contributed by atoms with Crippen LogP contribution in [0.15, 0.2) is 0 Å². The van der Waals surface area contributed by atoms with E-state index >= 15 is 0 Å². The molecule has 0 saturated carbocycles. The van der Waals surface area contributed by atoms with Gasteiger partial charge in [-0.1, -0.05) is 0 Å². The number of ether oxygens (including phenoxy) is 1. The summed E-state index contributed by atoms with van der Waals surface area (Å²) in [7, 11) is 0. The van der Waals surface area contributed by atoms with Crippen LogP contribution in [0, 0.1) is 0 Å². The van der Waals surface area contributed by atoms with E-state index in [4.69, 9.17) is 20.4 Å². The van der Waals surface area contributed by atoms with Gasteiger partial charge in [-0.2, -0.15) is 0 Å². The summed E-state index contributed by atoms with van der Waals surface area (Å²) >= 11 is 0. The SMILES string of the molecule is O=C(O)[C@H]1OC(=O)[C@H](O)[C@@H](O)[C@H]1O. The van der Waals surface area contributed by atoms with Crippen molar-refractivity contribution < 1.29 is 34.8 Å². The van der Waals surface area contributed by atoms with Gasteiger partial charge in [0.25, 0.3) is 0 Å². The van der Waals surface area contributed by atoms with Crippen molar-refractivity contribution in [3.05, 3.63) is 0 Å². The van der Waals surface area contributed by atoms with Crippen LogP contribution in [0.5, 0.6) is 0 Å². The maximum absolute atomic E-state index is 10.7. The van der Waals surface area contributed by atoms with Crippen LogP contribution in [-0.2, 0) is 14.3 Å². The predicted octanol–water partition coefficient (Wildman–Crippen LogP) is -2.92. The smallest absolute Gasteiger partial charge is 0.347 e. The highest BCUT2D eigenvalue weighted by Crippen LogP contribution is 2.16. The fraction of sp³-hybridized carbons (Fsp3) is 0.667. The first-order chi connectivity index (χ1) is 5.95. The first-order valence-electron chi connectivity index (χ1n) is 3.42. The molecule has 0 unspecified atom stereocenters. The number of carboxylic acid groups (broad SMARTS) is 1. The first kappa shape index (κ1) is 9.90. The minimum absolute atomic E-state index is 1.26. The van der Waals surface area contributed by atoms with Crippen LogP contribution in [0.25, 0.3) is 0 Å². The number of cyclic esters (lactones) is 1. The highest BCUT2D eigenvalue weighted by molar-refractivity contribution is 5.83. The van der Waals surface area contributed by atoms with Gasteiger partial charge >= 0.3 is 11.9 Å². The summed E-state index contributed by atoms with van der Waals surface area (Å²) in [6.45, 7) is 0. The summed E-state index contributed by atoms with van der Waals surface area (Å²) in [5.74, 6) is -2.84. The molecule has 1 fully saturated rings. The summed E-state index contributed by atoms with van der Waals surface area (Å²) in [6.07, 6.45) is -7.37. The molecule has 1 rings (SSSR count). The van der Waals surface area contributed by atoms with Gasteiger partial charge in [0.05, 0.1) is 0 Å². The molecular formula is C6H8O7. The summed E-state index contributed by atoms with van der Waals surface area (Å²) < 4.78 is 4.14. The molecule has 0 aromatic rings. The molecular weight excluding hydrogens is 184 g/mol. The van der Waals surface area contributed by atoms with Gasteiger partial charge in [0, 0.05) is 0 Å². The number of carboxylic acids is 1. The Labute approximate surface area is 72.2 Å². The minimum atomic E-state index is -1.90. The number of aliphatic hydroxyl groups is 3. The second-order valence-electron chi connectivity index (χ2n) is 2.62. The van der Waals surface area contributed by atoms with Crippen molar-refractivity contribution in [3.8, 4) is 0 Å². The molecule has 1 aliphatic rings. The third-order valence-corrected chi connectivity index (χ3v) is 1.71. The van der Waals surface area contributed by atoms with Gasteiger partial charge in [0.2, 0.25) is 6.10 Å². The van der Waals surface area contributed by atoms with Crippen molar-refractivity contribution in [3.63, 3.8) is 0 Å². The normalized spacial score (nSPS) is 39.8. The van der Waals surface area contributed by atoms with Gasteiger partial charge in [-0.05, 0) is 0 Å². The van der Waals surface area contributed by atoms with E-state index in [1.807, 2.05) is 0 Å².